The highest BCUT2D eigenvalue weighted by Gasteiger charge is 2.42. The minimum atomic E-state index is -1.34. The monoisotopic (exact) mass is 298 g/mol. The van der Waals surface area contributed by atoms with E-state index in [-0.39, 0.29) is 6.54 Å². The number of carboxylic acids is 1. The molecule has 21 heavy (non-hydrogen) atoms. The van der Waals surface area contributed by atoms with E-state index in [1.165, 1.54) is 4.90 Å². The molecule has 0 bridgehead atoms. The van der Waals surface area contributed by atoms with E-state index in [9.17, 15) is 23.5 Å². The van der Waals surface area contributed by atoms with Gasteiger partial charge in [-0.1, -0.05) is 6.92 Å². The molecule has 2 rings (SSSR count). The molecule has 1 aromatic rings. The zero-order valence-corrected chi connectivity index (χ0v) is 11.6. The SMILES string of the molecule is CCC1(C(=O)O)CCCN(C(=O)c2ccnc(F)c2F)C1. The Morgan fingerprint density at radius 3 is 2.81 bits per heavy atom. The van der Waals surface area contributed by atoms with Crippen molar-refractivity contribution in [1.82, 2.24) is 9.88 Å². The number of pyridine rings is 1. The first-order valence-corrected chi connectivity index (χ1v) is 6.74. The summed E-state index contributed by atoms with van der Waals surface area (Å²) in [5.74, 6) is -4.31. The van der Waals surface area contributed by atoms with Crippen LogP contribution in [0.1, 0.15) is 36.5 Å². The first-order chi connectivity index (χ1) is 9.91. The first-order valence-electron chi connectivity index (χ1n) is 6.74. The highest BCUT2D eigenvalue weighted by atomic mass is 19.2. The number of carbonyl (C=O) groups is 2. The largest absolute Gasteiger partial charge is 0.481 e. The molecule has 1 unspecified atom stereocenters. The van der Waals surface area contributed by atoms with Gasteiger partial charge in [0.25, 0.3) is 5.91 Å². The quantitative estimate of drug-likeness (QED) is 0.867. The van der Waals surface area contributed by atoms with Crippen LogP contribution < -0.4 is 0 Å². The zero-order valence-electron chi connectivity index (χ0n) is 11.6. The van der Waals surface area contributed by atoms with Crippen LogP contribution >= 0.6 is 0 Å². The van der Waals surface area contributed by atoms with Gasteiger partial charge >= 0.3 is 5.97 Å². The van der Waals surface area contributed by atoms with Crippen molar-refractivity contribution < 1.29 is 23.5 Å². The Morgan fingerprint density at radius 2 is 2.19 bits per heavy atom. The van der Waals surface area contributed by atoms with E-state index in [0.29, 0.717) is 25.8 Å². The van der Waals surface area contributed by atoms with Crippen LogP contribution in [-0.4, -0.2) is 40.0 Å². The summed E-state index contributed by atoms with van der Waals surface area (Å²) in [5, 5.41) is 9.38. The van der Waals surface area contributed by atoms with Crippen LogP contribution in [0.5, 0.6) is 0 Å². The van der Waals surface area contributed by atoms with Crippen LogP contribution in [-0.2, 0) is 4.79 Å². The Balaban J connectivity index is 2.27. The van der Waals surface area contributed by atoms with Crippen molar-refractivity contribution in [3.05, 3.63) is 29.6 Å². The Kier molecular flexibility index (Phi) is 4.20. The predicted octanol–water partition coefficient (Wildman–Crippen LogP) is 2.08. The molecule has 0 spiro atoms. The number of hydrogen-bond acceptors (Lipinski definition) is 3. The molecule has 1 aromatic heterocycles. The van der Waals surface area contributed by atoms with Gasteiger partial charge in [-0.2, -0.15) is 4.39 Å². The van der Waals surface area contributed by atoms with Crippen LogP contribution in [0.15, 0.2) is 12.3 Å². The molecule has 0 aliphatic carbocycles. The van der Waals surface area contributed by atoms with Gasteiger partial charge in [-0.05, 0) is 25.3 Å². The van der Waals surface area contributed by atoms with Gasteiger partial charge in [0.05, 0.1) is 11.0 Å². The van der Waals surface area contributed by atoms with Crippen molar-refractivity contribution in [1.29, 1.82) is 0 Å². The zero-order chi connectivity index (χ0) is 15.6. The molecule has 114 valence electrons. The molecule has 7 heteroatoms. The predicted molar refractivity (Wildman–Crippen MR) is 69.7 cm³/mol. The summed E-state index contributed by atoms with van der Waals surface area (Å²) in [5.41, 5.74) is -1.43. The Labute approximate surface area is 120 Å². The second-order valence-corrected chi connectivity index (χ2v) is 5.23. The molecule has 0 radical (unpaired) electrons. The minimum absolute atomic E-state index is 0.00104. The number of amides is 1. The fourth-order valence-corrected chi connectivity index (χ4v) is 2.67. The van der Waals surface area contributed by atoms with Gasteiger partial charge in [-0.15, -0.1) is 0 Å². The van der Waals surface area contributed by atoms with Crippen LogP contribution in [0.3, 0.4) is 0 Å². The van der Waals surface area contributed by atoms with E-state index in [1.807, 2.05) is 0 Å². The molecule has 5 nitrogen and oxygen atoms in total. The first kappa shape index (κ1) is 15.3. The molecule has 2 heterocycles. The number of rotatable bonds is 3. The smallest absolute Gasteiger partial charge is 0.311 e. The molecule has 1 N–H and O–H groups in total. The molecule has 1 saturated heterocycles. The van der Waals surface area contributed by atoms with Crippen LogP contribution in [0.4, 0.5) is 8.78 Å². The highest BCUT2D eigenvalue weighted by Crippen LogP contribution is 2.34. The Bertz CT molecular complexity index is 579. The summed E-state index contributed by atoms with van der Waals surface area (Å²) >= 11 is 0. The summed E-state index contributed by atoms with van der Waals surface area (Å²) in [6.07, 6.45) is 2.37. The fraction of sp³-hybridized carbons (Fsp3) is 0.500. The number of piperidine rings is 1. The van der Waals surface area contributed by atoms with Crippen molar-refractivity contribution in [3.63, 3.8) is 0 Å². The summed E-state index contributed by atoms with van der Waals surface area (Å²) < 4.78 is 26.7. The van der Waals surface area contributed by atoms with Crippen molar-refractivity contribution >= 4 is 11.9 Å². The summed E-state index contributed by atoms with van der Waals surface area (Å²) in [6.45, 7) is 2.08. The lowest BCUT2D eigenvalue weighted by Gasteiger charge is -2.39. The number of aromatic nitrogens is 1. The van der Waals surface area contributed by atoms with Crippen LogP contribution in [0.2, 0.25) is 0 Å². The molecule has 1 atom stereocenters. The van der Waals surface area contributed by atoms with E-state index in [4.69, 9.17) is 0 Å². The molecule has 1 amide bonds. The maximum Gasteiger partial charge on any atom is 0.311 e. The Morgan fingerprint density at radius 1 is 1.48 bits per heavy atom. The summed E-state index contributed by atoms with van der Waals surface area (Å²) in [4.78, 5) is 28.2. The number of carboxylic acid groups (broad SMARTS) is 1. The van der Waals surface area contributed by atoms with Crippen molar-refractivity contribution in [3.8, 4) is 0 Å². The average molecular weight is 298 g/mol. The van der Waals surface area contributed by atoms with E-state index in [1.54, 1.807) is 6.92 Å². The van der Waals surface area contributed by atoms with Crippen LogP contribution in [0, 0.1) is 17.2 Å². The highest BCUT2D eigenvalue weighted by molar-refractivity contribution is 5.95. The third kappa shape index (κ3) is 2.72. The number of nitrogens with zero attached hydrogens (tertiary/aromatic N) is 2. The summed E-state index contributed by atoms with van der Waals surface area (Å²) in [7, 11) is 0. The van der Waals surface area contributed by atoms with Gasteiger partial charge in [-0.25, -0.2) is 9.37 Å². The molecular formula is C14H16F2N2O3. The molecule has 0 aromatic carbocycles. The minimum Gasteiger partial charge on any atom is -0.481 e. The summed E-state index contributed by atoms with van der Waals surface area (Å²) in [6, 6.07) is 1.10. The Hall–Kier alpha value is -2.05. The van der Waals surface area contributed by atoms with E-state index < -0.39 is 34.6 Å². The number of hydrogen-bond donors (Lipinski definition) is 1. The van der Waals surface area contributed by atoms with Gasteiger partial charge in [0.1, 0.15) is 0 Å². The molecular weight excluding hydrogens is 282 g/mol. The van der Waals surface area contributed by atoms with Gasteiger partial charge in [-0.3, -0.25) is 9.59 Å². The standard InChI is InChI=1S/C14H16F2N2O3/c1-2-14(13(20)21)5-3-7-18(8-14)12(19)9-4-6-17-11(16)10(9)15/h4,6H,2-3,5,7-8H2,1H3,(H,20,21). The third-order valence-corrected chi connectivity index (χ3v) is 4.07. The van der Waals surface area contributed by atoms with E-state index in [0.717, 1.165) is 12.3 Å². The lowest BCUT2D eigenvalue weighted by molar-refractivity contribution is -0.152. The van der Waals surface area contributed by atoms with Gasteiger partial charge in [0.2, 0.25) is 5.95 Å². The maximum absolute atomic E-state index is 13.6. The average Bonchev–Trinajstić information content (AvgIpc) is 2.49. The molecule has 1 fully saturated rings. The second-order valence-electron chi connectivity index (χ2n) is 5.23. The van der Waals surface area contributed by atoms with Gasteiger partial charge < -0.3 is 10.0 Å². The maximum atomic E-state index is 13.6. The number of carbonyl (C=O) groups excluding carboxylic acids is 1. The molecule has 0 saturated carbocycles. The second kappa shape index (κ2) is 5.75. The topological polar surface area (TPSA) is 70.5 Å². The fourth-order valence-electron chi connectivity index (χ4n) is 2.67. The molecule has 1 aliphatic heterocycles. The lowest BCUT2D eigenvalue weighted by atomic mass is 9.77. The van der Waals surface area contributed by atoms with Gasteiger partial charge in [0, 0.05) is 19.3 Å². The normalized spacial score (nSPS) is 22.1. The van der Waals surface area contributed by atoms with Crippen molar-refractivity contribution in [2.45, 2.75) is 26.2 Å². The molecule has 1 aliphatic rings. The van der Waals surface area contributed by atoms with Crippen molar-refractivity contribution in [2.75, 3.05) is 13.1 Å². The van der Waals surface area contributed by atoms with E-state index >= 15 is 0 Å². The number of halogens is 2. The van der Waals surface area contributed by atoms with Gasteiger partial charge in [0.15, 0.2) is 5.82 Å². The number of likely N-dealkylation sites (tertiary alicyclic amines) is 1. The van der Waals surface area contributed by atoms with Crippen LogP contribution in [0.25, 0.3) is 0 Å². The lowest BCUT2D eigenvalue weighted by Crippen LogP contribution is -2.49. The third-order valence-electron chi connectivity index (χ3n) is 4.07. The van der Waals surface area contributed by atoms with E-state index in [2.05, 4.69) is 4.98 Å². The van der Waals surface area contributed by atoms with Crippen molar-refractivity contribution in [2.24, 2.45) is 5.41 Å². The number of aliphatic carboxylic acids is 1.